The van der Waals surface area contributed by atoms with Crippen LogP contribution >= 0.6 is 11.6 Å². The highest BCUT2D eigenvalue weighted by atomic mass is 35.5. The number of carboxylic acid groups (broad SMARTS) is 2. The van der Waals surface area contributed by atoms with E-state index in [1.165, 1.54) is 18.2 Å². The molecule has 0 aliphatic heterocycles. The summed E-state index contributed by atoms with van der Waals surface area (Å²) in [6, 6.07) is 4.01. The van der Waals surface area contributed by atoms with Crippen molar-refractivity contribution in [3.8, 4) is 11.5 Å². The number of carbonyl (C=O) groups excluding carboxylic acids is 3. The molecular weight excluding hydrogens is 388 g/mol. The number of aliphatic carboxylic acids is 2. The predicted molar refractivity (Wildman–Crippen MR) is 99.3 cm³/mol. The smallest absolute Gasteiger partial charge is 0.177 e. The molecule has 28 heavy (non-hydrogen) atoms. The monoisotopic (exact) mass is 412 g/mol. The number of benzene rings is 1. The van der Waals surface area contributed by atoms with Gasteiger partial charge in [0, 0.05) is 16.4 Å². The Morgan fingerprint density at radius 3 is 1.89 bits per heavy atom. The Morgan fingerprint density at radius 1 is 0.964 bits per heavy atom. The Hall–Kier alpha value is -2.28. The van der Waals surface area contributed by atoms with Crippen LogP contribution in [0.15, 0.2) is 18.2 Å². The number of carboxylic acids is 2. The molecule has 7 nitrogen and oxygen atoms in total. The molecule has 1 rings (SSSR count). The quantitative estimate of drug-likeness (QED) is 0.465. The Labute approximate surface area is 169 Å². The van der Waals surface area contributed by atoms with Crippen molar-refractivity contribution in [3.63, 3.8) is 0 Å². The van der Waals surface area contributed by atoms with Gasteiger partial charge in [0.1, 0.15) is 6.61 Å². The standard InChI is InChI=1S/C20H27ClO7/c1-18(2,3)20(17(25)26,19(4,5)6)28-14-8-7-12(13(22)10-21)9-15(14)27-11-16(23)24/h7-9H,10-11H2,1-6H3,(H,23,24)(H,25,26)/p-2. The van der Waals surface area contributed by atoms with E-state index in [2.05, 4.69) is 0 Å². The molecule has 156 valence electrons. The molecule has 0 spiro atoms. The number of carbonyl (C=O) groups is 3. The SMILES string of the molecule is CC(C)(C)C(Oc1ccc(C(=O)CCl)cc1OCC(=O)[O-])(C(=O)[O-])C(C)(C)C. The maximum Gasteiger partial charge on any atom is 0.177 e. The largest absolute Gasteiger partial charge is 0.546 e. The highest BCUT2D eigenvalue weighted by molar-refractivity contribution is 6.30. The lowest BCUT2D eigenvalue weighted by atomic mass is 9.62. The van der Waals surface area contributed by atoms with Crippen molar-refractivity contribution in [1.82, 2.24) is 0 Å². The van der Waals surface area contributed by atoms with Crippen LogP contribution in [0.1, 0.15) is 51.9 Å². The fourth-order valence-electron chi connectivity index (χ4n) is 3.34. The van der Waals surface area contributed by atoms with E-state index in [4.69, 9.17) is 21.1 Å². The van der Waals surface area contributed by atoms with Crippen LogP contribution in [-0.2, 0) is 9.59 Å². The maximum absolute atomic E-state index is 12.3. The lowest BCUT2D eigenvalue weighted by Gasteiger charge is -2.53. The topological polar surface area (TPSA) is 116 Å². The molecule has 8 heteroatoms. The summed E-state index contributed by atoms with van der Waals surface area (Å²) >= 11 is 5.56. The lowest BCUT2D eigenvalue weighted by Crippen LogP contribution is -2.67. The zero-order chi connectivity index (χ0) is 21.9. The average molecular weight is 413 g/mol. The molecule has 0 heterocycles. The lowest BCUT2D eigenvalue weighted by molar-refractivity contribution is -0.337. The zero-order valence-electron chi connectivity index (χ0n) is 16.9. The van der Waals surface area contributed by atoms with Crippen molar-refractivity contribution in [1.29, 1.82) is 0 Å². The molecule has 0 N–H and O–H groups in total. The number of ketones is 1. The Kier molecular flexibility index (Phi) is 7.12. The van der Waals surface area contributed by atoms with Crippen molar-refractivity contribution in [2.45, 2.75) is 47.1 Å². The number of hydrogen-bond acceptors (Lipinski definition) is 7. The highest BCUT2D eigenvalue weighted by Gasteiger charge is 2.55. The molecule has 0 saturated carbocycles. The van der Waals surface area contributed by atoms with E-state index in [1.54, 1.807) is 41.5 Å². The van der Waals surface area contributed by atoms with Crippen LogP contribution in [0.5, 0.6) is 11.5 Å². The molecule has 1 aromatic rings. The minimum Gasteiger partial charge on any atom is -0.546 e. The summed E-state index contributed by atoms with van der Waals surface area (Å²) < 4.78 is 11.2. The number of hydrogen-bond donors (Lipinski definition) is 0. The molecule has 0 atom stereocenters. The normalized spacial score (nSPS) is 12.4. The predicted octanol–water partition coefficient (Wildman–Crippen LogP) is 1.20. The van der Waals surface area contributed by atoms with Crippen LogP contribution in [0.3, 0.4) is 0 Å². The van der Waals surface area contributed by atoms with Gasteiger partial charge in [0.05, 0.1) is 17.8 Å². The van der Waals surface area contributed by atoms with Crippen molar-refractivity contribution >= 4 is 29.3 Å². The highest BCUT2D eigenvalue weighted by Crippen LogP contribution is 2.48. The van der Waals surface area contributed by atoms with E-state index in [1.807, 2.05) is 0 Å². The molecule has 0 unspecified atom stereocenters. The van der Waals surface area contributed by atoms with Crippen molar-refractivity contribution < 1.29 is 34.1 Å². The van der Waals surface area contributed by atoms with E-state index in [0.717, 1.165) is 0 Å². The van der Waals surface area contributed by atoms with Crippen molar-refractivity contribution in [2.24, 2.45) is 10.8 Å². The summed E-state index contributed by atoms with van der Waals surface area (Å²) in [6.07, 6.45) is 0. The fraction of sp³-hybridized carbons (Fsp3) is 0.550. The first kappa shape index (κ1) is 23.8. The Bertz CT molecular complexity index is 743. The molecule has 0 aliphatic carbocycles. The maximum atomic E-state index is 12.3. The molecule has 0 bridgehead atoms. The first-order valence-electron chi connectivity index (χ1n) is 8.63. The van der Waals surface area contributed by atoms with E-state index >= 15 is 0 Å². The Balaban J connectivity index is 3.60. The van der Waals surface area contributed by atoms with Crippen LogP contribution in [0.4, 0.5) is 0 Å². The second kappa shape index (κ2) is 8.39. The van der Waals surface area contributed by atoms with Crippen molar-refractivity contribution in [2.75, 3.05) is 12.5 Å². The van der Waals surface area contributed by atoms with Gasteiger partial charge in [0.2, 0.25) is 0 Å². The van der Waals surface area contributed by atoms with Gasteiger partial charge < -0.3 is 29.3 Å². The van der Waals surface area contributed by atoms with Gasteiger partial charge in [-0.3, -0.25) is 4.79 Å². The van der Waals surface area contributed by atoms with Gasteiger partial charge in [0.25, 0.3) is 0 Å². The number of ether oxygens (including phenoxy) is 2. The van der Waals surface area contributed by atoms with Gasteiger partial charge in [-0.15, -0.1) is 11.6 Å². The summed E-state index contributed by atoms with van der Waals surface area (Å²) in [5.41, 5.74) is -3.47. The van der Waals surface area contributed by atoms with Crippen LogP contribution < -0.4 is 19.7 Å². The number of alkyl halides is 1. The minimum absolute atomic E-state index is 0.0403. The van der Waals surface area contributed by atoms with Crippen LogP contribution in [-0.4, -0.2) is 35.8 Å². The van der Waals surface area contributed by atoms with Crippen molar-refractivity contribution in [3.05, 3.63) is 23.8 Å². The first-order chi connectivity index (χ1) is 12.7. The molecule has 0 amide bonds. The number of halogens is 1. The third-order valence-corrected chi connectivity index (χ3v) is 4.64. The van der Waals surface area contributed by atoms with Gasteiger partial charge in [-0.05, 0) is 18.2 Å². The number of rotatable bonds is 8. The average Bonchev–Trinajstić information content (AvgIpc) is 2.54. The molecule has 0 aliphatic rings. The second-order valence-electron chi connectivity index (χ2n) is 8.45. The van der Waals surface area contributed by atoms with E-state index in [-0.39, 0.29) is 22.9 Å². The number of Topliss-reactive ketones (excluding diaryl/α,β-unsaturated/α-hetero) is 1. The van der Waals surface area contributed by atoms with Gasteiger partial charge in [0.15, 0.2) is 22.9 Å². The third kappa shape index (κ3) is 4.76. The molecule has 1 aromatic carbocycles. The van der Waals surface area contributed by atoms with E-state index in [9.17, 15) is 24.6 Å². The van der Waals surface area contributed by atoms with Crippen LogP contribution in [0, 0.1) is 10.8 Å². The minimum atomic E-state index is -1.81. The fourth-order valence-corrected chi connectivity index (χ4v) is 3.50. The van der Waals surface area contributed by atoms with Gasteiger partial charge in [-0.2, -0.15) is 0 Å². The summed E-state index contributed by atoms with van der Waals surface area (Å²) in [5.74, 6) is -3.77. The van der Waals surface area contributed by atoms with Gasteiger partial charge in [-0.1, -0.05) is 41.5 Å². The summed E-state index contributed by atoms with van der Waals surface area (Å²) in [4.78, 5) is 34.9. The summed E-state index contributed by atoms with van der Waals surface area (Å²) in [7, 11) is 0. The molecular formula is C20H25ClO7-2. The Morgan fingerprint density at radius 2 is 1.50 bits per heavy atom. The summed E-state index contributed by atoms with van der Waals surface area (Å²) in [6.45, 7) is 9.37. The second-order valence-corrected chi connectivity index (χ2v) is 8.72. The molecule has 0 fully saturated rings. The van der Waals surface area contributed by atoms with Crippen LogP contribution in [0.2, 0.25) is 0 Å². The molecule has 0 aromatic heterocycles. The van der Waals surface area contributed by atoms with E-state index in [0.29, 0.717) is 0 Å². The third-order valence-electron chi connectivity index (χ3n) is 4.40. The first-order valence-corrected chi connectivity index (χ1v) is 9.17. The van der Waals surface area contributed by atoms with Gasteiger partial charge in [-0.25, -0.2) is 0 Å². The van der Waals surface area contributed by atoms with E-state index < -0.39 is 40.8 Å². The van der Waals surface area contributed by atoms with Crippen LogP contribution in [0.25, 0.3) is 0 Å². The molecule has 0 radical (unpaired) electrons. The van der Waals surface area contributed by atoms with Gasteiger partial charge >= 0.3 is 0 Å². The zero-order valence-corrected chi connectivity index (χ0v) is 17.6. The molecule has 0 saturated heterocycles. The summed E-state index contributed by atoms with van der Waals surface area (Å²) in [5, 5.41) is 23.1.